The van der Waals surface area contributed by atoms with Crippen molar-refractivity contribution in [3.63, 3.8) is 0 Å². The molecule has 1 unspecified atom stereocenters. The SMILES string of the molecule is CC(C)(C)CC(NC(=O)c1cnc2c(c1)NC(=O)CN2)c1cccnc1. The van der Waals surface area contributed by atoms with Gasteiger partial charge >= 0.3 is 0 Å². The second kappa shape index (κ2) is 7.11. The Morgan fingerprint density at radius 2 is 2.15 bits per heavy atom. The first-order valence-corrected chi connectivity index (χ1v) is 8.56. The molecule has 3 heterocycles. The molecular weight excluding hydrogens is 330 g/mol. The van der Waals surface area contributed by atoms with Crippen molar-refractivity contribution in [1.82, 2.24) is 15.3 Å². The van der Waals surface area contributed by atoms with E-state index in [1.54, 1.807) is 18.5 Å². The Kier molecular flexibility index (Phi) is 4.88. The molecule has 7 heteroatoms. The van der Waals surface area contributed by atoms with Crippen LogP contribution in [-0.4, -0.2) is 28.3 Å². The lowest BCUT2D eigenvalue weighted by Crippen LogP contribution is -2.32. The zero-order valence-corrected chi connectivity index (χ0v) is 15.2. The van der Waals surface area contributed by atoms with E-state index in [0.717, 1.165) is 12.0 Å². The maximum atomic E-state index is 12.8. The monoisotopic (exact) mass is 353 g/mol. The molecule has 26 heavy (non-hydrogen) atoms. The Hall–Kier alpha value is -2.96. The summed E-state index contributed by atoms with van der Waals surface area (Å²) in [6.45, 7) is 6.57. The van der Waals surface area contributed by atoms with Crippen LogP contribution >= 0.6 is 0 Å². The van der Waals surface area contributed by atoms with Gasteiger partial charge in [-0.25, -0.2) is 4.98 Å². The lowest BCUT2D eigenvalue weighted by Gasteiger charge is -2.27. The Morgan fingerprint density at radius 3 is 2.85 bits per heavy atom. The van der Waals surface area contributed by atoms with Crippen LogP contribution < -0.4 is 16.0 Å². The molecule has 0 saturated heterocycles. The minimum Gasteiger partial charge on any atom is -0.359 e. The highest BCUT2D eigenvalue weighted by atomic mass is 16.2. The topological polar surface area (TPSA) is 96.0 Å². The molecule has 1 atom stereocenters. The summed E-state index contributed by atoms with van der Waals surface area (Å²) in [5.74, 6) is 0.177. The number of hydrogen-bond acceptors (Lipinski definition) is 5. The zero-order valence-electron chi connectivity index (χ0n) is 15.2. The molecule has 2 aromatic rings. The largest absolute Gasteiger partial charge is 0.359 e. The second-order valence-corrected chi connectivity index (χ2v) is 7.60. The van der Waals surface area contributed by atoms with Crippen molar-refractivity contribution < 1.29 is 9.59 Å². The van der Waals surface area contributed by atoms with E-state index in [1.165, 1.54) is 6.20 Å². The lowest BCUT2D eigenvalue weighted by molar-refractivity contribution is -0.114. The summed E-state index contributed by atoms with van der Waals surface area (Å²) in [4.78, 5) is 32.7. The van der Waals surface area contributed by atoms with Gasteiger partial charge in [0.05, 0.1) is 23.8 Å². The first-order valence-electron chi connectivity index (χ1n) is 8.56. The number of anilines is 2. The van der Waals surface area contributed by atoms with E-state index in [2.05, 4.69) is 46.7 Å². The summed E-state index contributed by atoms with van der Waals surface area (Å²) in [5, 5.41) is 8.71. The van der Waals surface area contributed by atoms with Crippen LogP contribution in [0.15, 0.2) is 36.8 Å². The van der Waals surface area contributed by atoms with Gasteiger partial charge in [0.1, 0.15) is 5.82 Å². The van der Waals surface area contributed by atoms with Crippen LogP contribution in [0, 0.1) is 5.41 Å². The highest BCUT2D eigenvalue weighted by Crippen LogP contribution is 2.30. The summed E-state index contributed by atoms with van der Waals surface area (Å²) in [6, 6.07) is 5.29. The van der Waals surface area contributed by atoms with Crippen molar-refractivity contribution >= 4 is 23.3 Å². The molecule has 7 nitrogen and oxygen atoms in total. The van der Waals surface area contributed by atoms with Crippen LogP contribution in [0.3, 0.4) is 0 Å². The summed E-state index contributed by atoms with van der Waals surface area (Å²) < 4.78 is 0. The van der Waals surface area contributed by atoms with E-state index in [9.17, 15) is 9.59 Å². The normalized spacial score (nSPS) is 14.7. The Balaban J connectivity index is 1.81. The Labute approximate surface area is 152 Å². The van der Waals surface area contributed by atoms with E-state index in [4.69, 9.17) is 0 Å². The summed E-state index contributed by atoms with van der Waals surface area (Å²) in [7, 11) is 0. The molecule has 0 spiro atoms. The van der Waals surface area contributed by atoms with Gasteiger partial charge in [-0.05, 0) is 29.5 Å². The standard InChI is InChI=1S/C19H23N5O2/c1-19(2,3)8-15(12-5-4-6-20-9-12)24-18(26)13-7-14-17(21-10-13)22-11-16(25)23-14/h4-7,9-10,15H,8,11H2,1-3H3,(H,21,22)(H,23,25)(H,24,26). The number of pyridine rings is 2. The van der Waals surface area contributed by atoms with Crippen LogP contribution in [-0.2, 0) is 4.79 Å². The zero-order chi connectivity index (χ0) is 18.7. The number of carbonyl (C=O) groups is 2. The van der Waals surface area contributed by atoms with E-state index < -0.39 is 0 Å². The van der Waals surface area contributed by atoms with Crippen molar-refractivity contribution in [2.24, 2.45) is 5.41 Å². The lowest BCUT2D eigenvalue weighted by atomic mass is 9.85. The van der Waals surface area contributed by atoms with Crippen LogP contribution in [0.5, 0.6) is 0 Å². The predicted octanol–water partition coefficient (Wildman–Crippen LogP) is 2.75. The van der Waals surface area contributed by atoms with Gasteiger partial charge in [0.25, 0.3) is 5.91 Å². The van der Waals surface area contributed by atoms with Crippen molar-refractivity contribution in [3.8, 4) is 0 Å². The molecule has 136 valence electrons. The molecule has 0 fully saturated rings. The number of fused-ring (bicyclic) bond motifs is 1. The molecule has 0 radical (unpaired) electrons. The molecular formula is C19H23N5O2. The molecule has 3 N–H and O–H groups in total. The van der Waals surface area contributed by atoms with Crippen LogP contribution in [0.1, 0.15) is 49.2 Å². The molecule has 2 amide bonds. The number of nitrogens with one attached hydrogen (secondary N) is 3. The van der Waals surface area contributed by atoms with Gasteiger partial charge in [-0.2, -0.15) is 0 Å². The maximum Gasteiger partial charge on any atom is 0.253 e. The smallest absolute Gasteiger partial charge is 0.253 e. The molecule has 0 aromatic carbocycles. The number of carbonyl (C=O) groups excluding carboxylic acids is 2. The highest BCUT2D eigenvalue weighted by molar-refractivity contribution is 6.02. The quantitative estimate of drug-likeness (QED) is 0.785. The van der Waals surface area contributed by atoms with Gasteiger partial charge in [0.2, 0.25) is 5.91 Å². The number of nitrogens with zero attached hydrogens (tertiary/aromatic N) is 2. The molecule has 2 aromatic heterocycles. The number of rotatable bonds is 4. The predicted molar refractivity (Wildman–Crippen MR) is 99.9 cm³/mol. The Morgan fingerprint density at radius 1 is 1.35 bits per heavy atom. The number of aromatic nitrogens is 2. The molecule has 3 rings (SSSR count). The molecule has 1 aliphatic rings. The minimum atomic E-state index is -0.238. The summed E-state index contributed by atoms with van der Waals surface area (Å²) >= 11 is 0. The fraction of sp³-hybridized carbons (Fsp3) is 0.368. The molecule has 1 aliphatic heterocycles. The average Bonchev–Trinajstić information content (AvgIpc) is 2.60. The van der Waals surface area contributed by atoms with Gasteiger partial charge in [0.15, 0.2) is 0 Å². The third-order valence-electron chi connectivity index (χ3n) is 4.05. The molecule has 0 aliphatic carbocycles. The van der Waals surface area contributed by atoms with Crippen molar-refractivity contribution in [2.45, 2.75) is 33.2 Å². The first kappa shape index (κ1) is 17.8. The van der Waals surface area contributed by atoms with E-state index >= 15 is 0 Å². The van der Waals surface area contributed by atoms with Crippen molar-refractivity contribution in [2.75, 3.05) is 17.2 Å². The molecule has 0 bridgehead atoms. The van der Waals surface area contributed by atoms with E-state index in [0.29, 0.717) is 17.1 Å². The summed E-state index contributed by atoms with van der Waals surface area (Å²) in [5.41, 5.74) is 1.90. The average molecular weight is 353 g/mol. The second-order valence-electron chi connectivity index (χ2n) is 7.60. The third kappa shape index (κ3) is 4.36. The van der Waals surface area contributed by atoms with Gasteiger partial charge in [-0.15, -0.1) is 0 Å². The summed E-state index contributed by atoms with van der Waals surface area (Å²) in [6.07, 6.45) is 5.76. The van der Waals surface area contributed by atoms with Gasteiger partial charge < -0.3 is 16.0 Å². The van der Waals surface area contributed by atoms with Gasteiger partial charge in [-0.1, -0.05) is 26.8 Å². The maximum absolute atomic E-state index is 12.8. The third-order valence-corrected chi connectivity index (χ3v) is 4.05. The van der Waals surface area contributed by atoms with Gasteiger partial charge in [-0.3, -0.25) is 14.6 Å². The van der Waals surface area contributed by atoms with Crippen molar-refractivity contribution in [3.05, 3.63) is 47.9 Å². The van der Waals surface area contributed by atoms with Gasteiger partial charge in [0, 0.05) is 18.6 Å². The molecule has 0 saturated carbocycles. The Bertz CT molecular complexity index is 814. The van der Waals surface area contributed by atoms with Crippen LogP contribution in [0.4, 0.5) is 11.5 Å². The van der Waals surface area contributed by atoms with Crippen LogP contribution in [0.25, 0.3) is 0 Å². The highest BCUT2D eigenvalue weighted by Gasteiger charge is 2.24. The first-order chi connectivity index (χ1) is 12.3. The fourth-order valence-electron chi connectivity index (χ4n) is 2.87. The number of hydrogen-bond donors (Lipinski definition) is 3. The minimum absolute atomic E-state index is 0.0276. The number of amides is 2. The van der Waals surface area contributed by atoms with Crippen molar-refractivity contribution in [1.29, 1.82) is 0 Å². The fourth-order valence-corrected chi connectivity index (χ4v) is 2.87. The van der Waals surface area contributed by atoms with Crippen LogP contribution in [0.2, 0.25) is 0 Å². The van der Waals surface area contributed by atoms with E-state index in [1.807, 2.05) is 12.1 Å². The van der Waals surface area contributed by atoms with E-state index in [-0.39, 0.29) is 29.8 Å².